The van der Waals surface area contributed by atoms with Crippen LogP contribution in [0.2, 0.25) is 0 Å². The first kappa shape index (κ1) is 12.4. The largest absolute Gasteiger partial charge is 0.390 e. The number of aromatic nitrogens is 1. The Bertz CT molecular complexity index is 348. The third-order valence-electron chi connectivity index (χ3n) is 3.65. The minimum absolute atomic E-state index is 0.0239. The Hall–Kier alpha value is -1.09. The zero-order valence-electron chi connectivity index (χ0n) is 10.6. The Labute approximate surface area is 103 Å². The van der Waals surface area contributed by atoms with Crippen molar-refractivity contribution in [3.63, 3.8) is 0 Å². The van der Waals surface area contributed by atoms with Crippen LogP contribution in [0.3, 0.4) is 0 Å². The zero-order valence-corrected chi connectivity index (χ0v) is 10.6. The van der Waals surface area contributed by atoms with Crippen molar-refractivity contribution in [2.75, 3.05) is 11.4 Å². The van der Waals surface area contributed by atoms with Crippen LogP contribution in [0.25, 0.3) is 0 Å². The number of nitrogens with zero attached hydrogens (tertiary/aromatic N) is 2. The van der Waals surface area contributed by atoms with E-state index in [-0.39, 0.29) is 6.61 Å². The van der Waals surface area contributed by atoms with E-state index in [1.165, 1.54) is 37.8 Å². The molecule has 0 aliphatic heterocycles. The van der Waals surface area contributed by atoms with Gasteiger partial charge < -0.3 is 10.0 Å². The second-order valence-corrected chi connectivity index (χ2v) is 4.74. The second-order valence-electron chi connectivity index (χ2n) is 4.74. The summed E-state index contributed by atoms with van der Waals surface area (Å²) in [7, 11) is 0. The topological polar surface area (TPSA) is 36.4 Å². The maximum absolute atomic E-state index is 9.15. The Morgan fingerprint density at radius 1 is 1.35 bits per heavy atom. The number of pyridine rings is 1. The van der Waals surface area contributed by atoms with Gasteiger partial charge in [-0.25, -0.2) is 0 Å². The molecule has 1 N–H and O–H groups in total. The van der Waals surface area contributed by atoms with Crippen LogP contribution in [0.1, 0.15) is 44.7 Å². The summed E-state index contributed by atoms with van der Waals surface area (Å²) >= 11 is 0. The lowest BCUT2D eigenvalue weighted by atomic mass is 9.94. The Morgan fingerprint density at radius 2 is 2.12 bits per heavy atom. The molecule has 1 saturated carbocycles. The van der Waals surface area contributed by atoms with Crippen molar-refractivity contribution in [2.24, 2.45) is 0 Å². The number of rotatable bonds is 4. The summed E-state index contributed by atoms with van der Waals surface area (Å²) in [5, 5.41) is 9.15. The summed E-state index contributed by atoms with van der Waals surface area (Å²) in [6, 6.07) is 4.73. The van der Waals surface area contributed by atoms with Crippen molar-refractivity contribution in [3.05, 3.63) is 24.0 Å². The van der Waals surface area contributed by atoms with Gasteiger partial charge in [-0.05, 0) is 31.9 Å². The van der Waals surface area contributed by atoms with Crippen molar-refractivity contribution in [2.45, 2.75) is 51.7 Å². The van der Waals surface area contributed by atoms with Gasteiger partial charge in [-0.1, -0.05) is 19.3 Å². The van der Waals surface area contributed by atoms with Crippen LogP contribution < -0.4 is 4.90 Å². The van der Waals surface area contributed by atoms with Gasteiger partial charge in [-0.2, -0.15) is 0 Å². The van der Waals surface area contributed by atoms with E-state index in [4.69, 9.17) is 5.11 Å². The molecule has 0 aromatic carbocycles. The molecule has 0 amide bonds. The highest BCUT2D eigenvalue weighted by Gasteiger charge is 2.20. The summed E-state index contributed by atoms with van der Waals surface area (Å²) in [5.74, 6) is 0. The van der Waals surface area contributed by atoms with Crippen LogP contribution in [-0.4, -0.2) is 22.7 Å². The van der Waals surface area contributed by atoms with Crippen LogP contribution in [0.15, 0.2) is 18.3 Å². The van der Waals surface area contributed by atoms with Crippen LogP contribution >= 0.6 is 0 Å². The normalized spacial score (nSPS) is 17.1. The molecule has 0 unspecified atom stereocenters. The third kappa shape index (κ3) is 2.97. The van der Waals surface area contributed by atoms with Crippen molar-refractivity contribution in [1.29, 1.82) is 0 Å². The van der Waals surface area contributed by atoms with Gasteiger partial charge in [-0.3, -0.25) is 4.98 Å². The highest BCUT2D eigenvalue weighted by Crippen LogP contribution is 2.27. The van der Waals surface area contributed by atoms with Gasteiger partial charge >= 0.3 is 0 Å². The average Bonchev–Trinajstić information content (AvgIpc) is 2.41. The van der Waals surface area contributed by atoms with Gasteiger partial charge in [0.25, 0.3) is 0 Å². The summed E-state index contributed by atoms with van der Waals surface area (Å²) in [6.07, 6.45) is 8.46. The molecule has 0 bridgehead atoms. The number of hydrogen-bond donors (Lipinski definition) is 1. The van der Waals surface area contributed by atoms with Crippen molar-refractivity contribution < 1.29 is 5.11 Å². The van der Waals surface area contributed by atoms with E-state index in [2.05, 4.69) is 22.9 Å². The van der Waals surface area contributed by atoms with Gasteiger partial charge in [-0.15, -0.1) is 0 Å². The first-order chi connectivity index (χ1) is 8.35. The minimum Gasteiger partial charge on any atom is -0.390 e. The molecular formula is C14H22N2O. The average molecular weight is 234 g/mol. The van der Waals surface area contributed by atoms with Crippen LogP contribution in [0.5, 0.6) is 0 Å². The predicted molar refractivity (Wildman–Crippen MR) is 70.1 cm³/mol. The van der Waals surface area contributed by atoms with Gasteiger partial charge in [0.15, 0.2) is 0 Å². The van der Waals surface area contributed by atoms with E-state index in [0.717, 1.165) is 12.2 Å². The van der Waals surface area contributed by atoms with Crippen molar-refractivity contribution in [3.8, 4) is 0 Å². The molecule has 3 heteroatoms. The van der Waals surface area contributed by atoms with Crippen molar-refractivity contribution >= 4 is 5.69 Å². The summed E-state index contributed by atoms with van der Waals surface area (Å²) in [5.41, 5.74) is 1.97. The Kier molecular flexibility index (Phi) is 4.37. The number of aliphatic hydroxyl groups excluding tert-OH is 1. The molecule has 0 radical (unpaired) electrons. The molecule has 1 fully saturated rings. The van der Waals surface area contributed by atoms with Crippen molar-refractivity contribution in [1.82, 2.24) is 4.98 Å². The zero-order chi connectivity index (χ0) is 12.1. The van der Waals surface area contributed by atoms with Crippen LogP contribution in [0.4, 0.5) is 5.69 Å². The number of hydrogen-bond acceptors (Lipinski definition) is 3. The number of anilines is 1. The standard InChI is InChI=1S/C14H22N2O/c1-2-16(13-6-4-3-5-7-13)14-8-9-15-12(10-14)11-17/h8-10,13,17H,2-7,11H2,1H3. The molecule has 1 heterocycles. The lowest BCUT2D eigenvalue weighted by molar-refractivity contribution is 0.277. The third-order valence-corrected chi connectivity index (χ3v) is 3.65. The highest BCUT2D eigenvalue weighted by molar-refractivity contribution is 5.47. The SMILES string of the molecule is CCN(c1ccnc(CO)c1)C1CCCCC1. The molecule has 0 spiro atoms. The van der Waals surface area contributed by atoms with E-state index < -0.39 is 0 Å². The van der Waals surface area contributed by atoms with E-state index >= 15 is 0 Å². The first-order valence-corrected chi connectivity index (χ1v) is 6.67. The lowest BCUT2D eigenvalue weighted by Gasteiger charge is -2.35. The van der Waals surface area contributed by atoms with E-state index in [1.54, 1.807) is 6.20 Å². The fraction of sp³-hybridized carbons (Fsp3) is 0.643. The van der Waals surface area contributed by atoms with Gasteiger partial charge in [0, 0.05) is 24.5 Å². The summed E-state index contributed by atoms with van der Waals surface area (Å²) in [6.45, 7) is 3.25. The van der Waals surface area contributed by atoms with E-state index in [9.17, 15) is 0 Å². The Balaban J connectivity index is 2.15. The Morgan fingerprint density at radius 3 is 2.76 bits per heavy atom. The molecule has 1 aromatic heterocycles. The maximum atomic E-state index is 9.15. The molecule has 17 heavy (non-hydrogen) atoms. The summed E-state index contributed by atoms with van der Waals surface area (Å²) < 4.78 is 0. The molecule has 2 rings (SSSR count). The molecular weight excluding hydrogens is 212 g/mol. The molecule has 0 atom stereocenters. The predicted octanol–water partition coefficient (Wildman–Crippen LogP) is 2.73. The second kappa shape index (κ2) is 6.01. The van der Waals surface area contributed by atoms with E-state index in [0.29, 0.717) is 6.04 Å². The smallest absolute Gasteiger partial charge is 0.0853 e. The number of aliphatic hydroxyl groups is 1. The van der Waals surface area contributed by atoms with E-state index in [1.807, 2.05) is 6.07 Å². The first-order valence-electron chi connectivity index (χ1n) is 6.67. The monoisotopic (exact) mass is 234 g/mol. The van der Waals surface area contributed by atoms with Crippen LogP contribution in [0, 0.1) is 0 Å². The quantitative estimate of drug-likeness (QED) is 0.870. The highest BCUT2D eigenvalue weighted by atomic mass is 16.3. The molecule has 0 saturated heterocycles. The fourth-order valence-corrected chi connectivity index (χ4v) is 2.77. The van der Waals surface area contributed by atoms with Gasteiger partial charge in [0.2, 0.25) is 0 Å². The molecule has 1 aliphatic carbocycles. The molecule has 94 valence electrons. The van der Waals surface area contributed by atoms with Gasteiger partial charge in [0.1, 0.15) is 0 Å². The minimum atomic E-state index is 0.0239. The lowest BCUT2D eigenvalue weighted by Crippen LogP contribution is -2.36. The fourth-order valence-electron chi connectivity index (χ4n) is 2.77. The van der Waals surface area contributed by atoms with Crippen LogP contribution in [-0.2, 0) is 6.61 Å². The van der Waals surface area contributed by atoms with Gasteiger partial charge in [0.05, 0.1) is 12.3 Å². The maximum Gasteiger partial charge on any atom is 0.0853 e. The summed E-state index contributed by atoms with van der Waals surface area (Å²) in [4.78, 5) is 6.60. The molecule has 3 nitrogen and oxygen atoms in total. The molecule has 1 aromatic rings. The molecule has 1 aliphatic rings.